The number of carbonyl (C=O) groups excluding carboxylic acids is 1. The van der Waals surface area contributed by atoms with Crippen molar-refractivity contribution in [3.8, 4) is 0 Å². The Morgan fingerprint density at radius 2 is 1.75 bits per heavy atom. The van der Waals surface area contributed by atoms with Crippen LogP contribution in [-0.4, -0.2) is 58.0 Å². The lowest BCUT2D eigenvalue weighted by Crippen LogP contribution is -2.25. The molecule has 1 aromatic carbocycles. The fourth-order valence-corrected chi connectivity index (χ4v) is 2.07. The number of hydrogen-bond donors (Lipinski definition) is 1. The number of ether oxygens (including phenoxy) is 3. The van der Waals surface area contributed by atoms with E-state index in [1.54, 1.807) is 26.4 Å². The summed E-state index contributed by atoms with van der Waals surface area (Å²) in [4.78, 5) is 19.8. The van der Waals surface area contributed by atoms with Crippen molar-refractivity contribution in [2.75, 3.05) is 52.6 Å². The highest BCUT2D eigenvalue weighted by Crippen LogP contribution is 2.09. The molecule has 1 rings (SSSR count). The summed E-state index contributed by atoms with van der Waals surface area (Å²) in [5, 5.41) is 0. The fourth-order valence-electron chi connectivity index (χ4n) is 2.07. The summed E-state index contributed by atoms with van der Waals surface area (Å²) in [5.41, 5.74) is 3.50. The Balaban J connectivity index is 2.76. The van der Waals surface area contributed by atoms with E-state index in [4.69, 9.17) is 19.0 Å². The predicted octanol–water partition coefficient (Wildman–Crippen LogP) is 3.37. The van der Waals surface area contributed by atoms with Gasteiger partial charge in [-0.1, -0.05) is 31.5 Å². The molecule has 28 heavy (non-hydrogen) atoms. The molecule has 0 aliphatic heterocycles. The summed E-state index contributed by atoms with van der Waals surface area (Å²) in [6.45, 7) is 5.01. The Hall–Kier alpha value is -2.51. The quantitative estimate of drug-likeness (QED) is 0.123. The molecule has 7 nitrogen and oxygen atoms in total. The first-order valence-electron chi connectivity index (χ1n) is 9.46. The molecule has 1 aromatic rings. The number of allylic oxidation sites excluding steroid dienone is 2. The van der Waals surface area contributed by atoms with Crippen molar-refractivity contribution in [2.24, 2.45) is 0 Å². The van der Waals surface area contributed by atoms with Gasteiger partial charge in [-0.2, -0.15) is 0 Å². The number of rotatable bonds is 15. The van der Waals surface area contributed by atoms with E-state index in [0.717, 1.165) is 18.5 Å². The zero-order valence-corrected chi connectivity index (χ0v) is 17.1. The van der Waals surface area contributed by atoms with Crippen molar-refractivity contribution in [2.45, 2.75) is 19.8 Å². The highest BCUT2D eigenvalue weighted by molar-refractivity contribution is 5.86. The van der Waals surface area contributed by atoms with Gasteiger partial charge >= 0.3 is 5.97 Å². The van der Waals surface area contributed by atoms with Crippen molar-refractivity contribution in [1.82, 2.24) is 4.90 Å². The predicted molar refractivity (Wildman–Crippen MR) is 110 cm³/mol. The summed E-state index contributed by atoms with van der Waals surface area (Å²) in [6, 6.07) is 9.33. The van der Waals surface area contributed by atoms with E-state index in [2.05, 4.69) is 5.48 Å². The fraction of sp³-hybridized carbons (Fsp3) is 0.476. The Morgan fingerprint density at radius 3 is 2.36 bits per heavy atom. The van der Waals surface area contributed by atoms with Gasteiger partial charge in [0.15, 0.2) is 0 Å². The number of carbonyl (C=O) groups is 1. The van der Waals surface area contributed by atoms with Gasteiger partial charge < -0.3 is 23.9 Å². The van der Waals surface area contributed by atoms with Crippen molar-refractivity contribution < 1.29 is 23.8 Å². The first-order valence-corrected chi connectivity index (χ1v) is 9.46. The van der Waals surface area contributed by atoms with E-state index >= 15 is 0 Å². The third-order valence-electron chi connectivity index (χ3n) is 3.69. The number of benzene rings is 1. The lowest BCUT2D eigenvalue weighted by atomic mass is 10.3. The molecular weight excluding hydrogens is 360 g/mol. The minimum absolute atomic E-state index is 0.0784. The number of methoxy groups -OCH3 is 2. The molecule has 0 saturated heterocycles. The van der Waals surface area contributed by atoms with Gasteiger partial charge in [-0.25, -0.2) is 10.3 Å². The van der Waals surface area contributed by atoms with Gasteiger partial charge in [0.25, 0.3) is 0 Å². The largest absolute Gasteiger partial charge is 0.460 e. The van der Waals surface area contributed by atoms with E-state index in [9.17, 15) is 4.79 Å². The van der Waals surface area contributed by atoms with Gasteiger partial charge in [0.1, 0.15) is 0 Å². The Labute approximate surface area is 167 Å². The lowest BCUT2D eigenvalue weighted by Gasteiger charge is -2.19. The Bertz CT molecular complexity index is 582. The summed E-state index contributed by atoms with van der Waals surface area (Å²) in [5.74, 6) is -0.434. The van der Waals surface area contributed by atoms with E-state index < -0.39 is 5.97 Å². The molecule has 1 N–H and O–H groups in total. The van der Waals surface area contributed by atoms with Gasteiger partial charge in [0.05, 0.1) is 25.5 Å². The van der Waals surface area contributed by atoms with Crippen LogP contribution in [0.15, 0.2) is 54.4 Å². The summed E-state index contributed by atoms with van der Waals surface area (Å²) in [6.07, 6.45) is 6.95. The molecule has 156 valence electrons. The molecule has 0 aliphatic rings. The van der Waals surface area contributed by atoms with Crippen LogP contribution >= 0.6 is 0 Å². The number of esters is 1. The lowest BCUT2D eigenvalue weighted by molar-refractivity contribution is -0.142. The van der Waals surface area contributed by atoms with Crippen molar-refractivity contribution in [1.29, 1.82) is 0 Å². The molecule has 0 heterocycles. The van der Waals surface area contributed by atoms with Crippen molar-refractivity contribution in [3.05, 3.63) is 54.4 Å². The van der Waals surface area contributed by atoms with Gasteiger partial charge in [0.2, 0.25) is 5.76 Å². The smallest absolute Gasteiger partial charge is 0.376 e. The monoisotopic (exact) mass is 392 g/mol. The number of para-hydroxylation sites is 1. The van der Waals surface area contributed by atoms with Crippen LogP contribution in [0.1, 0.15) is 19.8 Å². The maximum atomic E-state index is 12.3. The second-order valence-corrected chi connectivity index (χ2v) is 5.95. The molecule has 0 saturated carbocycles. The zero-order valence-electron chi connectivity index (χ0n) is 17.1. The van der Waals surface area contributed by atoms with Crippen LogP contribution in [0.4, 0.5) is 5.69 Å². The number of anilines is 1. The van der Waals surface area contributed by atoms with Gasteiger partial charge in [0, 0.05) is 27.3 Å². The van der Waals surface area contributed by atoms with E-state index in [1.165, 1.54) is 0 Å². The maximum Gasteiger partial charge on any atom is 0.376 e. The summed E-state index contributed by atoms with van der Waals surface area (Å²) in [7, 11) is 3.32. The molecule has 0 radical (unpaired) electrons. The SMILES string of the molecule is CCCCOC(=O)C(=CC=CN(CCOC)CCOC)ONc1ccccc1. The molecule has 0 spiro atoms. The minimum Gasteiger partial charge on any atom is -0.460 e. The maximum absolute atomic E-state index is 12.3. The molecule has 7 heteroatoms. The molecule has 0 unspecified atom stereocenters. The number of nitrogens with one attached hydrogen (secondary N) is 1. The van der Waals surface area contributed by atoms with Crippen LogP contribution < -0.4 is 5.48 Å². The van der Waals surface area contributed by atoms with Crippen LogP contribution in [-0.2, 0) is 23.8 Å². The van der Waals surface area contributed by atoms with Crippen LogP contribution in [0.5, 0.6) is 0 Å². The number of nitrogens with zero attached hydrogens (tertiary/aromatic N) is 1. The average Bonchev–Trinajstić information content (AvgIpc) is 2.72. The van der Waals surface area contributed by atoms with Crippen LogP contribution in [0.3, 0.4) is 0 Å². The van der Waals surface area contributed by atoms with Crippen LogP contribution in [0.25, 0.3) is 0 Å². The Morgan fingerprint density at radius 1 is 1.07 bits per heavy atom. The topological polar surface area (TPSA) is 69.3 Å². The zero-order chi connectivity index (χ0) is 20.5. The van der Waals surface area contributed by atoms with Gasteiger partial charge in [-0.05, 0) is 36.9 Å². The Kier molecular flexibility index (Phi) is 13.1. The molecular formula is C21H32N2O5. The molecule has 0 amide bonds. The third kappa shape index (κ3) is 10.6. The minimum atomic E-state index is -0.512. The highest BCUT2D eigenvalue weighted by atomic mass is 16.7. The normalized spacial score (nSPS) is 11.5. The summed E-state index contributed by atoms with van der Waals surface area (Å²) < 4.78 is 15.5. The summed E-state index contributed by atoms with van der Waals surface area (Å²) >= 11 is 0. The molecule has 0 aromatic heterocycles. The average molecular weight is 392 g/mol. The second kappa shape index (κ2) is 15.5. The van der Waals surface area contributed by atoms with Gasteiger partial charge in [-0.15, -0.1) is 0 Å². The van der Waals surface area contributed by atoms with Gasteiger partial charge in [-0.3, -0.25) is 0 Å². The molecule has 0 atom stereocenters. The van der Waals surface area contributed by atoms with Crippen molar-refractivity contribution >= 4 is 11.7 Å². The van der Waals surface area contributed by atoms with Crippen LogP contribution in [0, 0.1) is 0 Å². The third-order valence-corrected chi connectivity index (χ3v) is 3.69. The van der Waals surface area contributed by atoms with E-state index in [-0.39, 0.29) is 5.76 Å². The standard InChI is InChI=1S/C21H32N2O5/c1-4-5-16-27-21(24)20(28-22-19-10-7-6-8-11-19)12-9-13-23(14-17-25-2)15-18-26-3/h6-13,22H,4-5,14-18H2,1-3H3. The molecule has 0 bridgehead atoms. The number of unbranched alkanes of at least 4 members (excludes halogenated alkanes) is 1. The highest BCUT2D eigenvalue weighted by Gasteiger charge is 2.13. The van der Waals surface area contributed by atoms with E-state index in [0.29, 0.717) is 32.9 Å². The molecule has 0 fully saturated rings. The van der Waals surface area contributed by atoms with E-state index in [1.807, 2.05) is 48.4 Å². The molecule has 0 aliphatic carbocycles. The number of hydrogen-bond acceptors (Lipinski definition) is 7. The first kappa shape index (κ1) is 23.5. The second-order valence-electron chi connectivity index (χ2n) is 5.95. The van der Waals surface area contributed by atoms with Crippen LogP contribution in [0.2, 0.25) is 0 Å². The van der Waals surface area contributed by atoms with Crippen molar-refractivity contribution in [3.63, 3.8) is 0 Å². The first-order chi connectivity index (χ1) is 13.7.